The predicted octanol–water partition coefficient (Wildman–Crippen LogP) is 3.10. The summed E-state index contributed by atoms with van der Waals surface area (Å²) < 4.78 is 6.98. The molecule has 0 N–H and O–H groups in total. The van der Waals surface area contributed by atoms with Gasteiger partial charge in [0.2, 0.25) is 5.89 Å². The lowest BCUT2D eigenvalue weighted by atomic mass is 10.2. The average molecular weight is 290 g/mol. The molecule has 6 heteroatoms. The first kappa shape index (κ1) is 12.9. The normalized spacial score (nSPS) is 11.1. The minimum atomic E-state index is 0.439. The molecule has 0 saturated carbocycles. The number of aryl methyl sites for hydroxylation is 1. The number of fused-ring (bicyclic) bond motifs is 1. The Morgan fingerprint density at radius 3 is 3.00 bits per heavy atom. The van der Waals surface area contributed by atoms with E-state index in [1.165, 1.54) is 0 Å². The molecule has 0 aliphatic rings. The monoisotopic (exact) mass is 289 g/mol. The van der Waals surface area contributed by atoms with Crippen molar-refractivity contribution >= 4 is 28.8 Å². The number of hydrogen-bond donors (Lipinski definition) is 0. The molecule has 0 saturated heterocycles. The summed E-state index contributed by atoms with van der Waals surface area (Å²) in [5.41, 5.74) is 1.50. The molecule has 3 aromatic rings. The Hall–Kier alpha value is -2.14. The van der Waals surface area contributed by atoms with E-state index in [1.54, 1.807) is 12.3 Å². The summed E-state index contributed by atoms with van der Waals surface area (Å²) in [6.45, 7) is 2.39. The minimum Gasteiger partial charge on any atom is -0.339 e. The molecule has 0 amide bonds. The van der Waals surface area contributed by atoms with Crippen molar-refractivity contribution in [3.8, 4) is 0 Å². The van der Waals surface area contributed by atoms with E-state index in [-0.39, 0.29) is 0 Å². The second kappa shape index (κ2) is 5.09. The molecular formula is C14H12ClN3O2. The summed E-state index contributed by atoms with van der Waals surface area (Å²) in [4.78, 5) is 15.4. The van der Waals surface area contributed by atoms with Crippen LogP contribution >= 0.6 is 11.6 Å². The molecule has 0 spiro atoms. The highest BCUT2D eigenvalue weighted by atomic mass is 35.5. The van der Waals surface area contributed by atoms with E-state index in [0.717, 1.165) is 17.2 Å². The quantitative estimate of drug-likeness (QED) is 0.692. The molecule has 2 aromatic heterocycles. The summed E-state index contributed by atoms with van der Waals surface area (Å²) in [6.07, 6.45) is 3.31. The molecular weight excluding hydrogens is 278 g/mol. The number of carbonyl (C=O) groups excluding carboxylic acids is 1. The zero-order valence-electron chi connectivity index (χ0n) is 10.8. The van der Waals surface area contributed by atoms with Crippen molar-refractivity contribution in [1.82, 2.24) is 14.7 Å². The maximum absolute atomic E-state index is 11.1. The van der Waals surface area contributed by atoms with Gasteiger partial charge in [-0.3, -0.25) is 4.79 Å². The first-order valence-corrected chi connectivity index (χ1v) is 6.64. The van der Waals surface area contributed by atoms with Gasteiger partial charge in [-0.05, 0) is 12.1 Å². The Morgan fingerprint density at radius 1 is 1.45 bits per heavy atom. The fraction of sp³-hybridized carbons (Fsp3) is 0.214. The summed E-state index contributed by atoms with van der Waals surface area (Å²) in [5.74, 6) is 1.18. The van der Waals surface area contributed by atoms with Gasteiger partial charge in [-0.15, -0.1) is 0 Å². The molecule has 2 heterocycles. The number of aldehydes is 1. The molecule has 1 aromatic carbocycles. The third kappa shape index (κ3) is 2.20. The standard InChI is InChI=1S/C14H12ClN3O2/c1-2-14-16-13(17-20-14)7-18-6-9(8-19)11-4-3-10(15)5-12(11)18/h3-6,8H,2,7H2,1H3. The van der Waals surface area contributed by atoms with E-state index in [2.05, 4.69) is 10.1 Å². The zero-order valence-corrected chi connectivity index (χ0v) is 11.6. The topological polar surface area (TPSA) is 60.9 Å². The minimum absolute atomic E-state index is 0.439. The second-order valence-corrected chi connectivity index (χ2v) is 4.89. The van der Waals surface area contributed by atoms with Crippen LogP contribution in [0.25, 0.3) is 10.9 Å². The first-order chi connectivity index (χ1) is 9.71. The van der Waals surface area contributed by atoms with Crippen molar-refractivity contribution in [2.24, 2.45) is 0 Å². The number of halogens is 1. The Morgan fingerprint density at radius 2 is 2.30 bits per heavy atom. The highest BCUT2D eigenvalue weighted by molar-refractivity contribution is 6.31. The van der Waals surface area contributed by atoms with Crippen molar-refractivity contribution in [2.45, 2.75) is 19.9 Å². The highest BCUT2D eigenvalue weighted by Gasteiger charge is 2.11. The Bertz CT molecular complexity index is 776. The van der Waals surface area contributed by atoms with Crippen LogP contribution in [0.2, 0.25) is 5.02 Å². The molecule has 0 fully saturated rings. The fourth-order valence-corrected chi connectivity index (χ4v) is 2.33. The highest BCUT2D eigenvalue weighted by Crippen LogP contribution is 2.24. The van der Waals surface area contributed by atoms with Crippen molar-refractivity contribution in [1.29, 1.82) is 0 Å². The maximum atomic E-state index is 11.1. The lowest BCUT2D eigenvalue weighted by Gasteiger charge is -2.01. The summed E-state index contributed by atoms with van der Waals surface area (Å²) >= 11 is 6.02. The third-order valence-corrected chi connectivity index (χ3v) is 3.36. The smallest absolute Gasteiger partial charge is 0.226 e. The lowest BCUT2D eigenvalue weighted by molar-refractivity contribution is 0.112. The Kier molecular flexibility index (Phi) is 3.28. The van der Waals surface area contributed by atoms with Gasteiger partial charge >= 0.3 is 0 Å². The molecule has 20 heavy (non-hydrogen) atoms. The Balaban J connectivity index is 2.06. The van der Waals surface area contributed by atoms with Gasteiger partial charge in [-0.2, -0.15) is 4.98 Å². The van der Waals surface area contributed by atoms with Crippen molar-refractivity contribution in [2.75, 3.05) is 0 Å². The maximum Gasteiger partial charge on any atom is 0.226 e. The largest absolute Gasteiger partial charge is 0.339 e. The van der Waals surface area contributed by atoms with Crippen molar-refractivity contribution in [3.63, 3.8) is 0 Å². The number of rotatable bonds is 4. The van der Waals surface area contributed by atoms with E-state index in [4.69, 9.17) is 16.1 Å². The van der Waals surface area contributed by atoms with Crippen LogP contribution in [0.1, 0.15) is 29.0 Å². The summed E-state index contributed by atoms with van der Waals surface area (Å²) in [7, 11) is 0. The van der Waals surface area contributed by atoms with E-state index < -0.39 is 0 Å². The molecule has 0 unspecified atom stereocenters. The number of aromatic nitrogens is 3. The van der Waals surface area contributed by atoms with Gasteiger partial charge < -0.3 is 9.09 Å². The molecule has 3 rings (SSSR count). The molecule has 0 aliphatic carbocycles. The molecule has 0 bridgehead atoms. The van der Waals surface area contributed by atoms with Crippen LogP contribution in [0.5, 0.6) is 0 Å². The van der Waals surface area contributed by atoms with E-state index >= 15 is 0 Å². The first-order valence-electron chi connectivity index (χ1n) is 6.26. The number of benzene rings is 1. The average Bonchev–Trinajstić information content (AvgIpc) is 3.04. The number of nitrogens with zero attached hydrogens (tertiary/aromatic N) is 3. The van der Waals surface area contributed by atoms with E-state index in [1.807, 2.05) is 23.6 Å². The summed E-state index contributed by atoms with van der Waals surface area (Å²) in [6, 6.07) is 5.43. The van der Waals surface area contributed by atoms with Crippen LogP contribution in [0.3, 0.4) is 0 Å². The van der Waals surface area contributed by atoms with Crippen LogP contribution < -0.4 is 0 Å². The molecule has 0 radical (unpaired) electrons. The van der Waals surface area contributed by atoms with Gasteiger partial charge in [0.05, 0.1) is 12.1 Å². The van der Waals surface area contributed by atoms with Crippen LogP contribution in [-0.2, 0) is 13.0 Å². The fourth-order valence-electron chi connectivity index (χ4n) is 2.17. The van der Waals surface area contributed by atoms with Crippen LogP contribution in [0, 0.1) is 0 Å². The summed E-state index contributed by atoms with van der Waals surface area (Å²) in [5, 5.41) is 5.40. The van der Waals surface area contributed by atoms with Gasteiger partial charge in [0.25, 0.3) is 0 Å². The van der Waals surface area contributed by atoms with E-state index in [0.29, 0.717) is 35.3 Å². The van der Waals surface area contributed by atoms with E-state index in [9.17, 15) is 4.79 Å². The Labute approximate surface area is 120 Å². The lowest BCUT2D eigenvalue weighted by Crippen LogP contribution is -2.00. The molecule has 102 valence electrons. The third-order valence-electron chi connectivity index (χ3n) is 3.13. The van der Waals surface area contributed by atoms with Gasteiger partial charge in [0, 0.05) is 28.6 Å². The van der Waals surface area contributed by atoms with Gasteiger partial charge in [0.1, 0.15) is 0 Å². The molecule has 5 nitrogen and oxygen atoms in total. The van der Waals surface area contributed by atoms with Gasteiger partial charge in [-0.25, -0.2) is 0 Å². The van der Waals surface area contributed by atoms with Gasteiger partial charge in [0.15, 0.2) is 12.1 Å². The zero-order chi connectivity index (χ0) is 14.1. The number of hydrogen-bond acceptors (Lipinski definition) is 4. The van der Waals surface area contributed by atoms with Crippen LogP contribution in [0.4, 0.5) is 0 Å². The van der Waals surface area contributed by atoms with Crippen molar-refractivity contribution < 1.29 is 9.32 Å². The SMILES string of the molecule is CCc1nc(Cn2cc(C=O)c3ccc(Cl)cc32)no1. The second-order valence-electron chi connectivity index (χ2n) is 4.45. The van der Waals surface area contributed by atoms with Crippen molar-refractivity contribution in [3.05, 3.63) is 46.7 Å². The number of carbonyl (C=O) groups is 1. The molecule has 0 aliphatic heterocycles. The van der Waals surface area contributed by atoms with Crippen LogP contribution in [0.15, 0.2) is 28.9 Å². The predicted molar refractivity (Wildman–Crippen MR) is 75.1 cm³/mol. The van der Waals surface area contributed by atoms with Gasteiger partial charge in [-0.1, -0.05) is 29.7 Å². The molecule has 0 atom stereocenters. The van der Waals surface area contributed by atoms with Crippen LogP contribution in [-0.4, -0.2) is 21.0 Å².